The molecule has 0 atom stereocenters. The van der Waals surface area contributed by atoms with Gasteiger partial charge in [0.05, 0.1) is 23.2 Å². The maximum Gasteiger partial charge on any atom is 0.336 e. The number of aromatic hydroxyl groups is 1. The van der Waals surface area contributed by atoms with Crippen molar-refractivity contribution in [1.82, 2.24) is 9.97 Å². The highest BCUT2D eigenvalue weighted by atomic mass is 16.4. The van der Waals surface area contributed by atoms with Crippen molar-refractivity contribution in [2.45, 2.75) is 6.92 Å². The zero-order valence-corrected chi connectivity index (χ0v) is 18.3. The number of nitrogens with one attached hydrogen (secondary N) is 1. The number of hydrazone groups is 1. The minimum absolute atomic E-state index is 0.0595. The summed E-state index contributed by atoms with van der Waals surface area (Å²) in [6, 6.07) is 26.2. The molecule has 5 rings (SSSR count). The normalized spacial score (nSPS) is 11.2. The summed E-state index contributed by atoms with van der Waals surface area (Å²) in [6.07, 6.45) is 1.39. The maximum absolute atomic E-state index is 11.9. The molecule has 0 unspecified atom stereocenters. The van der Waals surface area contributed by atoms with Crippen LogP contribution >= 0.6 is 0 Å². The molecule has 0 radical (unpaired) electrons. The van der Waals surface area contributed by atoms with Gasteiger partial charge in [0.15, 0.2) is 5.58 Å². The van der Waals surface area contributed by atoms with Crippen LogP contribution in [-0.4, -0.2) is 21.3 Å². The highest BCUT2D eigenvalue weighted by Crippen LogP contribution is 2.27. The van der Waals surface area contributed by atoms with Crippen molar-refractivity contribution in [2.75, 3.05) is 5.43 Å². The van der Waals surface area contributed by atoms with Gasteiger partial charge >= 0.3 is 5.63 Å². The van der Waals surface area contributed by atoms with Gasteiger partial charge in [0.2, 0.25) is 5.95 Å². The van der Waals surface area contributed by atoms with Crippen LogP contribution in [0.1, 0.15) is 11.1 Å². The average Bonchev–Trinajstić information content (AvgIpc) is 2.86. The van der Waals surface area contributed by atoms with Crippen LogP contribution in [0.3, 0.4) is 0 Å². The van der Waals surface area contributed by atoms with Gasteiger partial charge < -0.3 is 9.52 Å². The van der Waals surface area contributed by atoms with Crippen molar-refractivity contribution in [1.29, 1.82) is 0 Å². The molecule has 166 valence electrons. The number of benzene rings is 3. The number of phenols is 1. The van der Waals surface area contributed by atoms with E-state index in [1.54, 1.807) is 6.07 Å². The Morgan fingerprint density at radius 1 is 0.882 bits per heavy atom. The third kappa shape index (κ3) is 4.27. The van der Waals surface area contributed by atoms with E-state index in [0.29, 0.717) is 5.39 Å². The average molecular weight is 448 g/mol. The lowest BCUT2D eigenvalue weighted by molar-refractivity contribution is 0.472. The van der Waals surface area contributed by atoms with Gasteiger partial charge in [-0.1, -0.05) is 60.7 Å². The predicted molar refractivity (Wildman–Crippen MR) is 133 cm³/mol. The molecule has 0 aliphatic rings. The summed E-state index contributed by atoms with van der Waals surface area (Å²) >= 11 is 0. The summed E-state index contributed by atoms with van der Waals surface area (Å²) in [4.78, 5) is 21.1. The highest BCUT2D eigenvalue weighted by molar-refractivity contribution is 6.00. The largest absolute Gasteiger partial charge is 0.507 e. The number of rotatable bonds is 5. The van der Waals surface area contributed by atoms with Gasteiger partial charge in [-0.15, -0.1) is 0 Å². The van der Waals surface area contributed by atoms with Gasteiger partial charge in [-0.05, 0) is 30.7 Å². The van der Waals surface area contributed by atoms with Crippen LogP contribution in [0.5, 0.6) is 5.75 Å². The summed E-state index contributed by atoms with van der Waals surface area (Å²) < 4.78 is 5.35. The summed E-state index contributed by atoms with van der Waals surface area (Å²) in [5, 5.41) is 15.3. The van der Waals surface area contributed by atoms with E-state index in [1.807, 2.05) is 73.7 Å². The molecule has 2 aromatic heterocycles. The molecule has 0 bridgehead atoms. The monoisotopic (exact) mass is 448 g/mol. The number of aryl methyl sites for hydroxylation is 1. The Kier molecular flexibility index (Phi) is 5.58. The van der Waals surface area contributed by atoms with Gasteiger partial charge in [0.1, 0.15) is 5.75 Å². The molecule has 0 spiro atoms. The first-order valence-corrected chi connectivity index (χ1v) is 10.6. The second kappa shape index (κ2) is 8.99. The quantitative estimate of drug-likeness (QED) is 0.213. The standard InChI is InChI=1S/C27H20N4O3/c1-17-14-25(33)34-26-20(17)12-13-24(32)21(26)16-28-31-27-29-22(18-8-4-2-5-9-18)15-23(30-27)19-10-6-3-7-11-19/h2-16,32H,1H3,(H,29,30,31)/b28-16-. The second-order valence-electron chi connectivity index (χ2n) is 7.69. The topological polar surface area (TPSA) is 101 Å². The fourth-order valence-electron chi connectivity index (χ4n) is 3.68. The zero-order valence-electron chi connectivity index (χ0n) is 18.3. The second-order valence-corrected chi connectivity index (χ2v) is 7.69. The van der Waals surface area contributed by atoms with E-state index >= 15 is 0 Å². The molecule has 7 nitrogen and oxygen atoms in total. The van der Waals surface area contributed by atoms with Crippen LogP contribution in [-0.2, 0) is 0 Å². The summed E-state index contributed by atoms with van der Waals surface area (Å²) in [7, 11) is 0. The van der Waals surface area contributed by atoms with Crippen molar-refractivity contribution in [3.63, 3.8) is 0 Å². The smallest absolute Gasteiger partial charge is 0.336 e. The van der Waals surface area contributed by atoms with E-state index in [0.717, 1.165) is 28.1 Å². The number of nitrogens with zero attached hydrogens (tertiary/aromatic N) is 3. The Morgan fingerprint density at radius 2 is 1.50 bits per heavy atom. The van der Waals surface area contributed by atoms with Gasteiger partial charge in [-0.25, -0.2) is 20.2 Å². The van der Waals surface area contributed by atoms with E-state index in [2.05, 4.69) is 20.5 Å². The Balaban J connectivity index is 1.54. The summed E-state index contributed by atoms with van der Waals surface area (Å²) in [5.74, 6) is 0.226. The number of hydrogen-bond acceptors (Lipinski definition) is 7. The minimum atomic E-state index is -0.496. The molecule has 2 N–H and O–H groups in total. The SMILES string of the molecule is Cc1cc(=O)oc2c(/C=N\Nc3nc(-c4ccccc4)cc(-c4ccccc4)n3)c(O)ccc12. The van der Waals surface area contributed by atoms with Crippen LogP contribution in [0.15, 0.2) is 99.2 Å². The van der Waals surface area contributed by atoms with Gasteiger partial charge in [-0.2, -0.15) is 5.10 Å². The van der Waals surface area contributed by atoms with Crippen LogP contribution in [0, 0.1) is 6.92 Å². The fraction of sp³-hybridized carbons (Fsp3) is 0.0370. The van der Waals surface area contributed by atoms with Crippen LogP contribution < -0.4 is 11.1 Å². The lowest BCUT2D eigenvalue weighted by atomic mass is 10.1. The molecule has 7 heteroatoms. The number of phenolic OH excluding ortho intramolecular Hbond substituents is 1. The van der Waals surface area contributed by atoms with Crippen molar-refractivity contribution >= 4 is 23.1 Å². The molecule has 5 aromatic rings. The van der Waals surface area contributed by atoms with E-state index in [-0.39, 0.29) is 22.8 Å². The Morgan fingerprint density at radius 3 is 2.12 bits per heavy atom. The molecule has 0 saturated carbocycles. The molecule has 0 aliphatic heterocycles. The Labute approximate surface area is 195 Å². The third-order valence-corrected chi connectivity index (χ3v) is 5.36. The molecule has 0 saturated heterocycles. The Hall–Kier alpha value is -4.78. The van der Waals surface area contributed by atoms with Gasteiger partial charge in [-0.3, -0.25) is 0 Å². The lowest BCUT2D eigenvalue weighted by Gasteiger charge is -2.09. The van der Waals surface area contributed by atoms with Crippen LogP contribution in [0.2, 0.25) is 0 Å². The zero-order chi connectivity index (χ0) is 23.5. The number of aromatic nitrogens is 2. The number of anilines is 1. The molecule has 34 heavy (non-hydrogen) atoms. The van der Waals surface area contributed by atoms with E-state index < -0.39 is 5.63 Å². The van der Waals surface area contributed by atoms with Crippen LogP contribution in [0.25, 0.3) is 33.5 Å². The van der Waals surface area contributed by atoms with Crippen LogP contribution in [0.4, 0.5) is 5.95 Å². The molecular weight excluding hydrogens is 428 g/mol. The lowest BCUT2D eigenvalue weighted by Crippen LogP contribution is -2.02. The number of hydrogen-bond donors (Lipinski definition) is 2. The van der Waals surface area contributed by atoms with Gasteiger partial charge in [0.25, 0.3) is 0 Å². The first-order chi connectivity index (χ1) is 16.6. The highest BCUT2D eigenvalue weighted by Gasteiger charge is 2.11. The number of fused-ring (bicyclic) bond motifs is 1. The molecular formula is C27H20N4O3. The van der Waals surface area contributed by atoms with Crippen molar-refractivity contribution < 1.29 is 9.52 Å². The third-order valence-electron chi connectivity index (χ3n) is 5.36. The molecule has 0 aliphatic carbocycles. The molecule has 3 aromatic carbocycles. The van der Waals surface area contributed by atoms with E-state index in [1.165, 1.54) is 18.3 Å². The first kappa shape index (κ1) is 21.1. The van der Waals surface area contributed by atoms with Crippen molar-refractivity contribution in [2.24, 2.45) is 5.10 Å². The molecule has 2 heterocycles. The van der Waals surface area contributed by atoms with E-state index in [4.69, 9.17) is 4.42 Å². The first-order valence-electron chi connectivity index (χ1n) is 10.6. The van der Waals surface area contributed by atoms with Gasteiger partial charge in [0, 0.05) is 22.6 Å². The fourth-order valence-corrected chi connectivity index (χ4v) is 3.68. The minimum Gasteiger partial charge on any atom is -0.507 e. The predicted octanol–water partition coefficient (Wildman–Crippen LogP) is 5.38. The maximum atomic E-state index is 11.9. The van der Waals surface area contributed by atoms with Crippen molar-refractivity contribution in [3.05, 3.63) is 106 Å². The van der Waals surface area contributed by atoms with E-state index in [9.17, 15) is 9.90 Å². The molecule has 0 fully saturated rings. The summed E-state index contributed by atoms with van der Waals surface area (Å²) in [5.41, 5.74) is 7.02. The van der Waals surface area contributed by atoms with Crippen molar-refractivity contribution in [3.8, 4) is 28.3 Å². The Bertz CT molecular complexity index is 1500. The molecule has 0 amide bonds. The summed E-state index contributed by atoms with van der Waals surface area (Å²) in [6.45, 7) is 1.81.